The maximum absolute atomic E-state index is 12.5. The number of benzene rings is 2. The molecule has 1 fully saturated rings. The summed E-state index contributed by atoms with van der Waals surface area (Å²) < 4.78 is 32.7. The number of hydrogen-bond donors (Lipinski definition) is 2. The van der Waals surface area contributed by atoms with E-state index in [9.17, 15) is 13.2 Å². The fourth-order valence-electron chi connectivity index (χ4n) is 3.18. The van der Waals surface area contributed by atoms with Crippen LogP contribution in [0.2, 0.25) is 0 Å². The number of rotatable bonds is 7. The number of anilines is 1. The van der Waals surface area contributed by atoms with Crippen molar-refractivity contribution < 1.29 is 17.9 Å². The molecule has 2 aromatic rings. The molecule has 0 radical (unpaired) electrons. The zero-order valence-electron chi connectivity index (χ0n) is 16.7. The van der Waals surface area contributed by atoms with Gasteiger partial charge in [0.05, 0.1) is 18.1 Å². The normalized spacial score (nSPS) is 15.7. The van der Waals surface area contributed by atoms with E-state index in [2.05, 4.69) is 28.8 Å². The number of nitrogens with zero attached hydrogens (tertiary/aromatic N) is 1. The van der Waals surface area contributed by atoms with Crippen molar-refractivity contribution in [2.24, 2.45) is 0 Å². The van der Waals surface area contributed by atoms with Gasteiger partial charge in [0.2, 0.25) is 0 Å². The summed E-state index contributed by atoms with van der Waals surface area (Å²) in [6, 6.07) is 14.5. The smallest absolute Gasteiger partial charge is 0.261 e. The second-order valence-corrected chi connectivity index (χ2v) is 9.27. The lowest BCUT2D eigenvalue weighted by Crippen LogP contribution is -2.55. The van der Waals surface area contributed by atoms with Gasteiger partial charge in [0, 0.05) is 36.4 Å². The maximum Gasteiger partial charge on any atom is 0.261 e. The van der Waals surface area contributed by atoms with Crippen LogP contribution in [0.15, 0.2) is 59.5 Å². The zero-order chi connectivity index (χ0) is 20.9. The van der Waals surface area contributed by atoms with Gasteiger partial charge in [-0.25, -0.2) is 8.42 Å². The van der Waals surface area contributed by atoms with E-state index in [1.165, 1.54) is 12.1 Å². The summed E-state index contributed by atoms with van der Waals surface area (Å²) in [6.45, 7) is 7.81. The van der Waals surface area contributed by atoms with Gasteiger partial charge in [0.25, 0.3) is 15.9 Å². The monoisotopic (exact) mass is 417 g/mol. The molecular weight excluding hydrogens is 390 g/mol. The topological polar surface area (TPSA) is 87.7 Å². The van der Waals surface area contributed by atoms with E-state index in [1.807, 2.05) is 0 Å². The molecule has 1 heterocycles. The van der Waals surface area contributed by atoms with Gasteiger partial charge in [-0.2, -0.15) is 0 Å². The van der Waals surface area contributed by atoms with Crippen LogP contribution in [-0.4, -0.2) is 57.6 Å². The molecule has 0 spiro atoms. The molecule has 1 aliphatic heterocycles. The highest BCUT2D eigenvalue weighted by Crippen LogP contribution is 2.18. The van der Waals surface area contributed by atoms with E-state index in [0.717, 1.165) is 13.1 Å². The number of nitrogens with one attached hydrogen (secondary N) is 2. The van der Waals surface area contributed by atoms with Crippen molar-refractivity contribution in [3.63, 3.8) is 0 Å². The van der Waals surface area contributed by atoms with E-state index in [0.29, 0.717) is 31.0 Å². The van der Waals surface area contributed by atoms with Crippen LogP contribution >= 0.6 is 0 Å². The van der Waals surface area contributed by atoms with Crippen LogP contribution in [0.5, 0.6) is 0 Å². The fourth-order valence-corrected chi connectivity index (χ4v) is 4.26. The summed E-state index contributed by atoms with van der Waals surface area (Å²) in [7, 11) is -3.65. The van der Waals surface area contributed by atoms with Crippen molar-refractivity contribution in [2.45, 2.75) is 24.3 Å². The van der Waals surface area contributed by atoms with Crippen LogP contribution in [0.1, 0.15) is 24.2 Å². The molecule has 0 unspecified atom stereocenters. The van der Waals surface area contributed by atoms with Crippen LogP contribution in [0.4, 0.5) is 5.69 Å². The summed E-state index contributed by atoms with van der Waals surface area (Å²) in [6.07, 6.45) is 0. The lowest BCUT2D eigenvalue weighted by Gasteiger charge is -2.40. The largest absolute Gasteiger partial charge is 0.379 e. The zero-order valence-corrected chi connectivity index (χ0v) is 17.5. The molecule has 2 N–H and O–H groups in total. The maximum atomic E-state index is 12.5. The number of sulfonamides is 1. The van der Waals surface area contributed by atoms with Crippen LogP contribution in [-0.2, 0) is 14.8 Å². The van der Waals surface area contributed by atoms with Gasteiger partial charge in [0.15, 0.2) is 0 Å². The first-order chi connectivity index (χ1) is 13.8. The Morgan fingerprint density at radius 1 is 1.03 bits per heavy atom. The molecule has 156 valence electrons. The van der Waals surface area contributed by atoms with Crippen LogP contribution in [0.25, 0.3) is 0 Å². The van der Waals surface area contributed by atoms with Gasteiger partial charge in [-0.1, -0.05) is 18.2 Å². The summed E-state index contributed by atoms with van der Waals surface area (Å²) in [4.78, 5) is 15.0. The third-order valence-electron chi connectivity index (χ3n) is 5.00. The Morgan fingerprint density at radius 3 is 2.28 bits per heavy atom. The molecular formula is C21H27N3O4S. The molecule has 1 amide bonds. The fraction of sp³-hybridized carbons (Fsp3) is 0.381. The van der Waals surface area contributed by atoms with Crippen LogP contribution < -0.4 is 10.0 Å². The van der Waals surface area contributed by atoms with Crippen molar-refractivity contribution >= 4 is 21.6 Å². The van der Waals surface area contributed by atoms with Gasteiger partial charge in [-0.3, -0.25) is 14.4 Å². The van der Waals surface area contributed by atoms with Gasteiger partial charge in [0.1, 0.15) is 0 Å². The highest BCUT2D eigenvalue weighted by Gasteiger charge is 2.28. The number of carbonyl (C=O) groups excluding carboxylic acids is 1. The summed E-state index contributed by atoms with van der Waals surface area (Å²) in [5.41, 5.74) is 0.703. The highest BCUT2D eigenvalue weighted by atomic mass is 32.2. The van der Waals surface area contributed by atoms with Crippen LogP contribution in [0, 0.1) is 0 Å². The molecule has 0 aliphatic carbocycles. The summed E-state index contributed by atoms with van der Waals surface area (Å²) in [5, 5.41) is 2.97. The predicted octanol–water partition coefficient (Wildman–Crippen LogP) is 2.33. The van der Waals surface area contributed by atoms with Crippen molar-refractivity contribution in [2.75, 3.05) is 37.6 Å². The van der Waals surface area contributed by atoms with E-state index in [-0.39, 0.29) is 16.3 Å². The second kappa shape index (κ2) is 8.94. The van der Waals surface area contributed by atoms with Gasteiger partial charge >= 0.3 is 0 Å². The minimum absolute atomic E-state index is 0.176. The minimum Gasteiger partial charge on any atom is -0.379 e. The molecule has 8 heteroatoms. The van der Waals surface area contributed by atoms with Crippen molar-refractivity contribution in [3.05, 3.63) is 60.2 Å². The lowest BCUT2D eigenvalue weighted by molar-refractivity contribution is -0.00923. The Hall–Kier alpha value is -2.42. The molecule has 7 nitrogen and oxygen atoms in total. The Labute approximate surface area is 172 Å². The van der Waals surface area contributed by atoms with Gasteiger partial charge in [-0.15, -0.1) is 0 Å². The Kier molecular flexibility index (Phi) is 6.56. The number of carbonyl (C=O) groups is 1. The quantitative estimate of drug-likeness (QED) is 0.722. The second-order valence-electron chi connectivity index (χ2n) is 7.59. The predicted molar refractivity (Wildman–Crippen MR) is 112 cm³/mol. The highest BCUT2D eigenvalue weighted by molar-refractivity contribution is 7.92. The third kappa shape index (κ3) is 5.56. The van der Waals surface area contributed by atoms with Crippen molar-refractivity contribution in [1.29, 1.82) is 0 Å². The first-order valence-corrected chi connectivity index (χ1v) is 11.1. The van der Waals surface area contributed by atoms with E-state index < -0.39 is 10.0 Å². The summed E-state index contributed by atoms with van der Waals surface area (Å²) >= 11 is 0. The van der Waals surface area contributed by atoms with E-state index >= 15 is 0 Å². The molecule has 0 saturated carbocycles. The minimum atomic E-state index is -3.65. The number of hydrogen-bond acceptors (Lipinski definition) is 5. The first kappa shape index (κ1) is 21.3. The molecule has 0 aromatic heterocycles. The Bertz CT molecular complexity index is 922. The molecule has 2 aromatic carbocycles. The molecule has 0 bridgehead atoms. The first-order valence-electron chi connectivity index (χ1n) is 9.57. The van der Waals surface area contributed by atoms with Gasteiger partial charge in [-0.05, 0) is 50.2 Å². The number of morpholine rings is 1. The third-order valence-corrected chi connectivity index (χ3v) is 6.40. The SMILES string of the molecule is CC(C)(CNC(=O)c1ccc(NS(=O)(=O)c2ccccc2)cc1)N1CCOCC1. The van der Waals surface area contributed by atoms with E-state index in [4.69, 9.17) is 4.74 Å². The van der Waals surface area contributed by atoms with E-state index in [1.54, 1.807) is 42.5 Å². The van der Waals surface area contributed by atoms with Crippen molar-refractivity contribution in [1.82, 2.24) is 10.2 Å². The summed E-state index contributed by atoms with van der Waals surface area (Å²) in [5.74, 6) is -0.191. The number of amides is 1. The molecule has 3 rings (SSSR count). The Balaban J connectivity index is 1.59. The molecule has 29 heavy (non-hydrogen) atoms. The Morgan fingerprint density at radius 2 is 1.66 bits per heavy atom. The molecule has 1 saturated heterocycles. The standard InChI is InChI=1S/C21H27N3O4S/c1-21(2,24-12-14-28-15-13-24)16-22-20(25)17-8-10-18(11-9-17)23-29(26,27)19-6-4-3-5-7-19/h3-11,23H,12-16H2,1-2H3,(H,22,25). The average Bonchev–Trinajstić information content (AvgIpc) is 2.74. The lowest BCUT2D eigenvalue weighted by atomic mass is 10.0. The van der Waals surface area contributed by atoms with Crippen LogP contribution in [0.3, 0.4) is 0 Å². The molecule has 1 aliphatic rings. The number of ether oxygens (including phenoxy) is 1. The van der Waals surface area contributed by atoms with Crippen molar-refractivity contribution in [3.8, 4) is 0 Å². The molecule has 0 atom stereocenters. The van der Waals surface area contributed by atoms with Gasteiger partial charge < -0.3 is 10.1 Å². The average molecular weight is 418 g/mol.